The van der Waals surface area contributed by atoms with Gasteiger partial charge in [0.25, 0.3) is 0 Å². The average Bonchev–Trinajstić information content (AvgIpc) is 2.27. The van der Waals surface area contributed by atoms with Crippen LogP contribution in [0, 0.1) is 6.92 Å². The summed E-state index contributed by atoms with van der Waals surface area (Å²) in [7, 11) is 1.89. The first-order chi connectivity index (χ1) is 7.77. The van der Waals surface area contributed by atoms with Gasteiger partial charge in [0.1, 0.15) is 5.75 Å². The maximum absolute atomic E-state index is 8.66. The molecule has 4 heteroatoms. The number of hydrogen-bond donors (Lipinski definition) is 2. The van der Waals surface area contributed by atoms with E-state index in [1.807, 2.05) is 26.1 Å². The fourth-order valence-electron chi connectivity index (χ4n) is 1.42. The van der Waals surface area contributed by atoms with Crippen molar-refractivity contribution in [1.82, 2.24) is 10.3 Å². The molecule has 0 unspecified atom stereocenters. The summed E-state index contributed by atoms with van der Waals surface area (Å²) in [4.78, 5) is 4.42. The van der Waals surface area contributed by atoms with Crippen molar-refractivity contribution in [1.29, 1.82) is 0 Å². The van der Waals surface area contributed by atoms with E-state index in [1.165, 1.54) is 0 Å². The van der Waals surface area contributed by atoms with Gasteiger partial charge in [-0.1, -0.05) is 0 Å². The van der Waals surface area contributed by atoms with E-state index in [4.69, 9.17) is 9.84 Å². The van der Waals surface area contributed by atoms with Crippen LogP contribution < -0.4 is 10.1 Å². The number of nitrogens with zero attached hydrogens (tertiary/aromatic N) is 1. The van der Waals surface area contributed by atoms with E-state index in [9.17, 15) is 0 Å². The Balaban J connectivity index is 2.56. The van der Waals surface area contributed by atoms with Crippen LogP contribution in [0.5, 0.6) is 5.75 Å². The van der Waals surface area contributed by atoms with E-state index in [0.29, 0.717) is 13.2 Å². The van der Waals surface area contributed by atoms with Gasteiger partial charge in [-0.05, 0) is 38.9 Å². The lowest BCUT2D eigenvalue weighted by Crippen LogP contribution is -2.10. The van der Waals surface area contributed by atoms with E-state index in [0.717, 1.165) is 30.0 Å². The highest BCUT2D eigenvalue weighted by molar-refractivity contribution is 5.29. The topological polar surface area (TPSA) is 54.4 Å². The van der Waals surface area contributed by atoms with Crippen LogP contribution in [0.3, 0.4) is 0 Å². The fourth-order valence-corrected chi connectivity index (χ4v) is 1.42. The molecule has 0 aromatic carbocycles. The van der Waals surface area contributed by atoms with Crippen molar-refractivity contribution in [3.8, 4) is 5.75 Å². The summed E-state index contributed by atoms with van der Waals surface area (Å²) in [5, 5.41) is 11.7. The molecule has 90 valence electrons. The van der Waals surface area contributed by atoms with Crippen LogP contribution in [0.25, 0.3) is 0 Å². The van der Waals surface area contributed by atoms with Crippen molar-refractivity contribution in [2.75, 3.05) is 20.3 Å². The van der Waals surface area contributed by atoms with Crippen molar-refractivity contribution in [2.45, 2.75) is 26.3 Å². The molecular formula is C12H20N2O2. The van der Waals surface area contributed by atoms with Gasteiger partial charge in [0.15, 0.2) is 0 Å². The number of aliphatic hydroxyl groups is 1. The Hall–Kier alpha value is -1.13. The Bertz CT molecular complexity index is 316. The number of hydrogen-bond acceptors (Lipinski definition) is 4. The fraction of sp³-hybridized carbons (Fsp3) is 0.583. The van der Waals surface area contributed by atoms with Gasteiger partial charge in [0, 0.05) is 18.8 Å². The predicted octanol–water partition coefficient (Wildman–Crippen LogP) is 1.26. The molecule has 1 heterocycles. The molecule has 1 aromatic rings. The first-order valence-electron chi connectivity index (χ1n) is 5.62. The molecule has 16 heavy (non-hydrogen) atoms. The van der Waals surface area contributed by atoms with Gasteiger partial charge in [0.2, 0.25) is 0 Å². The lowest BCUT2D eigenvalue weighted by atomic mass is 10.2. The van der Waals surface area contributed by atoms with E-state index < -0.39 is 0 Å². The van der Waals surface area contributed by atoms with Gasteiger partial charge < -0.3 is 15.2 Å². The zero-order valence-electron chi connectivity index (χ0n) is 9.99. The average molecular weight is 224 g/mol. The summed E-state index contributed by atoms with van der Waals surface area (Å²) in [5.41, 5.74) is 1.93. The third kappa shape index (κ3) is 4.16. The van der Waals surface area contributed by atoms with Gasteiger partial charge in [-0.2, -0.15) is 0 Å². The number of aryl methyl sites for hydroxylation is 1. The summed E-state index contributed by atoms with van der Waals surface area (Å²) >= 11 is 0. The first-order valence-corrected chi connectivity index (χ1v) is 5.62. The third-order valence-electron chi connectivity index (χ3n) is 2.23. The largest absolute Gasteiger partial charge is 0.492 e. The highest BCUT2D eigenvalue weighted by Gasteiger charge is 2.04. The molecule has 0 saturated heterocycles. The van der Waals surface area contributed by atoms with Crippen LogP contribution >= 0.6 is 0 Å². The highest BCUT2D eigenvalue weighted by Crippen LogP contribution is 2.17. The Kier molecular flexibility index (Phi) is 5.82. The van der Waals surface area contributed by atoms with Crippen LogP contribution in [-0.2, 0) is 6.54 Å². The molecule has 1 rings (SSSR count). The summed E-state index contributed by atoms with van der Waals surface area (Å²) in [6.07, 6.45) is 1.64. The summed E-state index contributed by atoms with van der Waals surface area (Å²) in [6, 6.07) is 3.90. The second-order valence-electron chi connectivity index (χ2n) is 3.71. The minimum Gasteiger partial charge on any atom is -0.492 e. The Morgan fingerprint density at radius 1 is 1.38 bits per heavy atom. The maximum Gasteiger partial charge on any atom is 0.142 e. The number of ether oxygens (including phenoxy) is 1. The normalized spacial score (nSPS) is 10.4. The van der Waals surface area contributed by atoms with E-state index in [2.05, 4.69) is 10.3 Å². The molecule has 0 aliphatic carbocycles. The van der Waals surface area contributed by atoms with Crippen LogP contribution in [-0.4, -0.2) is 30.4 Å². The molecule has 0 aliphatic rings. The molecule has 0 bridgehead atoms. The number of rotatable bonds is 7. The summed E-state index contributed by atoms with van der Waals surface area (Å²) in [5.74, 6) is 0.831. The minimum absolute atomic E-state index is 0.221. The second kappa shape index (κ2) is 7.19. The molecule has 4 nitrogen and oxygen atoms in total. The van der Waals surface area contributed by atoms with E-state index in [-0.39, 0.29) is 6.61 Å². The SMILES string of the molecule is CNCc1nc(C)ccc1OCCCCO. The highest BCUT2D eigenvalue weighted by atomic mass is 16.5. The van der Waals surface area contributed by atoms with Crippen LogP contribution in [0.1, 0.15) is 24.2 Å². The summed E-state index contributed by atoms with van der Waals surface area (Å²) < 4.78 is 5.63. The molecule has 0 atom stereocenters. The standard InChI is InChI=1S/C12H20N2O2/c1-10-5-6-12(11(14-10)9-13-2)16-8-4-3-7-15/h5-6,13,15H,3-4,7-9H2,1-2H3. The van der Waals surface area contributed by atoms with Crippen molar-refractivity contribution >= 4 is 0 Å². The van der Waals surface area contributed by atoms with Crippen LogP contribution in [0.4, 0.5) is 0 Å². The van der Waals surface area contributed by atoms with E-state index >= 15 is 0 Å². The number of unbranched alkanes of at least 4 members (excludes halogenated alkanes) is 1. The van der Waals surface area contributed by atoms with Gasteiger partial charge in [-0.25, -0.2) is 0 Å². The lowest BCUT2D eigenvalue weighted by Gasteiger charge is -2.10. The van der Waals surface area contributed by atoms with Gasteiger partial charge in [-0.15, -0.1) is 0 Å². The Labute approximate surface area is 96.7 Å². The van der Waals surface area contributed by atoms with Crippen LogP contribution in [0.2, 0.25) is 0 Å². The monoisotopic (exact) mass is 224 g/mol. The molecule has 0 amide bonds. The molecule has 0 fully saturated rings. The molecule has 2 N–H and O–H groups in total. The molecule has 0 saturated carbocycles. The van der Waals surface area contributed by atoms with Crippen molar-refractivity contribution in [3.63, 3.8) is 0 Å². The lowest BCUT2D eigenvalue weighted by molar-refractivity contribution is 0.251. The molecule has 0 aliphatic heterocycles. The number of nitrogens with one attached hydrogen (secondary N) is 1. The number of aliphatic hydroxyl groups excluding tert-OH is 1. The quantitative estimate of drug-likeness (QED) is 0.685. The molecule has 0 spiro atoms. The zero-order valence-corrected chi connectivity index (χ0v) is 9.99. The van der Waals surface area contributed by atoms with Gasteiger partial charge in [0.05, 0.1) is 12.3 Å². The molecular weight excluding hydrogens is 204 g/mol. The zero-order chi connectivity index (χ0) is 11.8. The van der Waals surface area contributed by atoms with Crippen molar-refractivity contribution < 1.29 is 9.84 Å². The first kappa shape index (κ1) is 12.9. The molecule has 1 aromatic heterocycles. The Morgan fingerprint density at radius 2 is 2.19 bits per heavy atom. The van der Waals surface area contributed by atoms with E-state index in [1.54, 1.807) is 0 Å². The van der Waals surface area contributed by atoms with Crippen molar-refractivity contribution in [3.05, 3.63) is 23.5 Å². The second-order valence-corrected chi connectivity index (χ2v) is 3.71. The summed E-state index contributed by atoms with van der Waals surface area (Å²) in [6.45, 7) is 3.52. The third-order valence-corrected chi connectivity index (χ3v) is 2.23. The molecule has 0 radical (unpaired) electrons. The Morgan fingerprint density at radius 3 is 2.88 bits per heavy atom. The van der Waals surface area contributed by atoms with Crippen LogP contribution in [0.15, 0.2) is 12.1 Å². The smallest absolute Gasteiger partial charge is 0.142 e. The van der Waals surface area contributed by atoms with Crippen molar-refractivity contribution in [2.24, 2.45) is 0 Å². The maximum atomic E-state index is 8.66. The number of pyridine rings is 1. The minimum atomic E-state index is 0.221. The van der Waals surface area contributed by atoms with Gasteiger partial charge >= 0.3 is 0 Å². The number of aromatic nitrogens is 1. The van der Waals surface area contributed by atoms with Gasteiger partial charge in [-0.3, -0.25) is 4.98 Å². The predicted molar refractivity (Wildman–Crippen MR) is 63.6 cm³/mol.